The lowest BCUT2D eigenvalue weighted by molar-refractivity contribution is -0.121. The van der Waals surface area contributed by atoms with Gasteiger partial charge in [0.15, 0.2) is 0 Å². The molecule has 0 spiro atoms. The van der Waals surface area contributed by atoms with Crippen LogP contribution in [0.3, 0.4) is 0 Å². The van der Waals surface area contributed by atoms with E-state index in [2.05, 4.69) is 46.9 Å². The zero-order valence-electron chi connectivity index (χ0n) is 14.9. The summed E-state index contributed by atoms with van der Waals surface area (Å²) in [7, 11) is 0. The van der Waals surface area contributed by atoms with Gasteiger partial charge in [0, 0.05) is 18.4 Å². The summed E-state index contributed by atoms with van der Waals surface area (Å²) in [4.78, 5) is 11.8. The van der Waals surface area contributed by atoms with Gasteiger partial charge in [-0.05, 0) is 51.7 Å². The normalized spacial score (nSPS) is 17.6. The van der Waals surface area contributed by atoms with Crippen LogP contribution in [0.5, 0.6) is 0 Å². The van der Waals surface area contributed by atoms with E-state index in [0.717, 1.165) is 19.4 Å². The van der Waals surface area contributed by atoms with Crippen LogP contribution in [0, 0.1) is 5.41 Å². The van der Waals surface area contributed by atoms with Crippen molar-refractivity contribution in [3.8, 4) is 0 Å². The fourth-order valence-corrected chi connectivity index (χ4v) is 3.30. The molecule has 1 aliphatic carbocycles. The smallest absolute Gasteiger partial charge is 0.219 e. The SMILES string of the molecule is CCCCCCC(=O)NCCC1(C)C(C)=C(C)C(C)=C1C. The molecular weight excluding hydrogens is 258 g/mol. The highest BCUT2D eigenvalue weighted by Gasteiger charge is 2.35. The van der Waals surface area contributed by atoms with Crippen molar-refractivity contribution in [2.45, 2.75) is 80.1 Å². The molecule has 0 aromatic rings. The number of hydrogen-bond acceptors (Lipinski definition) is 1. The number of nitrogens with one attached hydrogen (secondary N) is 1. The summed E-state index contributed by atoms with van der Waals surface area (Å²) in [5.41, 5.74) is 5.93. The molecule has 0 saturated carbocycles. The van der Waals surface area contributed by atoms with Gasteiger partial charge in [-0.15, -0.1) is 0 Å². The van der Waals surface area contributed by atoms with E-state index < -0.39 is 0 Å². The Morgan fingerprint density at radius 1 is 1.00 bits per heavy atom. The predicted octanol–water partition coefficient (Wildman–Crippen LogP) is 5.16. The Balaban J connectivity index is 2.41. The summed E-state index contributed by atoms with van der Waals surface area (Å²) in [6, 6.07) is 0. The molecule has 2 heteroatoms. The average molecular weight is 291 g/mol. The Kier molecular flexibility index (Phi) is 6.70. The summed E-state index contributed by atoms with van der Waals surface area (Å²) in [5, 5.41) is 3.10. The zero-order valence-corrected chi connectivity index (χ0v) is 14.9. The molecule has 1 N–H and O–H groups in total. The first-order valence-electron chi connectivity index (χ1n) is 8.47. The fourth-order valence-electron chi connectivity index (χ4n) is 3.30. The Morgan fingerprint density at radius 2 is 1.57 bits per heavy atom. The van der Waals surface area contributed by atoms with Crippen molar-refractivity contribution in [3.05, 3.63) is 22.3 Å². The molecule has 2 nitrogen and oxygen atoms in total. The third-order valence-electron chi connectivity index (χ3n) is 5.55. The van der Waals surface area contributed by atoms with Crippen LogP contribution in [0.25, 0.3) is 0 Å². The van der Waals surface area contributed by atoms with E-state index in [1.54, 1.807) is 0 Å². The van der Waals surface area contributed by atoms with Gasteiger partial charge in [-0.2, -0.15) is 0 Å². The standard InChI is InChI=1S/C19H33NO/c1-7-8-9-10-11-18(21)20-13-12-19(6)16(4)14(2)15(3)17(19)5/h7-13H2,1-6H3,(H,20,21). The number of hydrogen-bond donors (Lipinski definition) is 1. The van der Waals surface area contributed by atoms with Crippen molar-refractivity contribution in [1.82, 2.24) is 5.32 Å². The first-order valence-corrected chi connectivity index (χ1v) is 8.47. The number of amides is 1. The molecule has 0 atom stereocenters. The number of carbonyl (C=O) groups is 1. The number of unbranched alkanes of at least 4 members (excludes halogenated alkanes) is 3. The Hall–Kier alpha value is -1.05. The van der Waals surface area contributed by atoms with Crippen LogP contribution in [-0.2, 0) is 4.79 Å². The van der Waals surface area contributed by atoms with Crippen molar-refractivity contribution in [1.29, 1.82) is 0 Å². The van der Waals surface area contributed by atoms with Gasteiger partial charge in [-0.3, -0.25) is 4.79 Å². The molecule has 21 heavy (non-hydrogen) atoms. The summed E-state index contributed by atoms with van der Waals surface area (Å²) < 4.78 is 0. The minimum Gasteiger partial charge on any atom is -0.356 e. The number of rotatable bonds is 8. The third kappa shape index (κ3) is 4.21. The van der Waals surface area contributed by atoms with Crippen LogP contribution in [0.1, 0.15) is 80.1 Å². The highest BCUT2D eigenvalue weighted by molar-refractivity contribution is 5.75. The lowest BCUT2D eigenvalue weighted by Gasteiger charge is -2.29. The third-order valence-corrected chi connectivity index (χ3v) is 5.55. The largest absolute Gasteiger partial charge is 0.356 e. The molecule has 0 aromatic carbocycles. The molecule has 0 fully saturated rings. The lowest BCUT2D eigenvalue weighted by Crippen LogP contribution is -2.29. The second kappa shape index (κ2) is 7.82. The van der Waals surface area contributed by atoms with E-state index >= 15 is 0 Å². The predicted molar refractivity (Wildman–Crippen MR) is 91.2 cm³/mol. The fraction of sp³-hybridized carbons (Fsp3) is 0.737. The Bertz CT molecular complexity index is 418. The van der Waals surface area contributed by atoms with E-state index in [9.17, 15) is 4.79 Å². The van der Waals surface area contributed by atoms with Gasteiger partial charge in [0.2, 0.25) is 5.91 Å². The molecule has 0 aromatic heterocycles. The highest BCUT2D eigenvalue weighted by atomic mass is 16.1. The van der Waals surface area contributed by atoms with Crippen LogP contribution in [-0.4, -0.2) is 12.5 Å². The minimum absolute atomic E-state index is 0.129. The highest BCUT2D eigenvalue weighted by Crippen LogP contribution is 2.48. The second-order valence-electron chi connectivity index (χ2n) is 6.74. The van der Waals surface area contributed by atoms with Crippen molar-refractivity contribution >= 4 is 5.91 Å². The van der Waals surface area contributed by atoms with E-state index in [1.807, 2.05) is 0 Å². The van der Waals surface area contributed by atoms with Gasteiger partial charge in [-0.1, -0.05) is 44.3 Å². The molecule has 0 bridgehead atoms. The Labute approximate surface area is 131 Å². The first-order chi connectivity index (χ1) is 9.84. The average Bonchev–Trinajstić information content (AvgIpc) is 2.60. The Morgan fingerprint density at radius 3 is 2.10 bits per heavy atom. The summed E-state index contributed by atoms with van der Waals surface area (Å²) in [5.74, 6) is 0.212. The molecule has 0 unspecified atom stereocenters. The molecule has 0 heterocycles. The molecular formula is C19H33NO. The van der Waals surface area contributed by atoms with Gasteiger partial charge in [-0.25, -0.2) is 0 Å². The van der Waals surface area contributed by atoms with Crippen molar-refractivity contribution < 1.29 is 4.79 Å². The van der Waals surface area contributed by atoms with Crippen molar-refractivity contribution in [3.63, 3.8) is 0 Å². The van der Waals surface area contributed by atoms with Crippen molar-refractivity contribution in [2.24, 2.45) is 5.41 Å². The van der Waals surface area contributed by atoms with Crippen molar-refractivity contribution in [2.75, 3.05) is 6.54 Å². The van der Waals surface area contributed by atoms with Crippen LogP contribution >= 0.6 is 0 Å². The molecule has 0 aliphatic heterocycles. The van der Waals surface area contributed by atoms with Crippen LogP contribution in [0.15, 0.2) is 22.3 Å². The molecule has 120 valence electrons. The molecule has 0 saturated heterocycles. The summed E-state index contributed by atoms with van der Waals surface area (Å²) in [6.45, 7) is 14.2. The number of allylic oxidation sites excluding steroid dienone is 4. The van der Waals surface area contributed by atoms with Gasteiger partial charge in [0.05, 0.1) is 0 Å². The quantitative estimate of drug-likeness (QED) is 0.615. The first kappa shape index (κ1) is 18.0. The molecule has 0 radical (unpaired) electrons. The molecule has 1 amide bonds. The van der Waals surface area contributed by atoms with E-state index in [1.165, 1.54) is 41.6 Å². The maximum atomic E-state index is 11.8. The topological polar surface area (TPSA) is 29.1 Å². The lowest BCUT2D eigenvalue weighted by atomic mass is 9.76. The van der Waals surface area contributed by atoms with Gasteiger partial charge >= 0.3 is 0 Å². The number of carbonyl (C=O) groups excluding carboxylic acids is 1. The van der Waals surface area contributed by atoms with Crippen LogP contribution in [0.2, 0.25) is 0 Å². The van der Waals surface area contributed by atoms with Gasteiger partial charge < -0.3 is 5.32 Å². The molecule has 1 rings (SSSR count). The van der Waals surface area contributed by atoms with E-state index in [-0.39, 0.29) is 11.3 Å². The molecule has 1 aliphatic rings. The van der Waals surface area contributed by atoms with Crippen LogP contribution < -0.4 is 5.32 Å². The maximum Gasteiger partial charge on any atom is 0.219 e. The van der Waals surface area contributed by atoms with Gasteiger partial charge in [0.1, 0.15) is 0 Å². The van der Waals surface area contributed by atoms with Crippen LogP contribution in [0.4, 0.5) is 0 Å². The monoisotopic (exact) mass is 291 g/mol. The zero-order chi connectivity index (χ0) is 16.0. The second-order valence-corrected chi connectivity index (χ2v) is 6.74. The van der Waals surface area contributed by atoms with E-state index in [4.69, 9.17) is 0 Å². The minimum atomic E-state index is 0.129. The summed E-state index contributed by atoms with van der Waals surface area (Å²) >= 11 is 0. The van der Waals surface area contributed by atoms with Gasteiger partial charge in [0.25, 0.3) is 0 Å². The summed E-state index contributed by atoms with van der Waals surface area (Å²) in [6.07, 6.45) is 6.32. The maximum absolute atomic E-state index is 11.8. The van der Waals surface area contributed by atoms with E-state index in [0.29, 0.717) is 6.42 Å².